The summed E-state index contributed by atoms with van der Waals surface area (Å²) in [7, 11) is 0. The molecule has 1 aliphatic carbocycles. The predicted octanol–water partition coefficient (Wildman–Crippen LogP) is 3.71. The van der Waals surface area contributed by atoms with Crippen LogP contribution in [0.4, 0.5) is 0 Å². The lowest BCUT2D eigenvalue weighted by molar-refractivity contribution is 0.281. The molecule has 5 heteroatoms. The highest BCUT2D eigenvalue weighted by Crippen LogP contribution is 2.29. The van der Waals surface area contributed by atoms with E-state index in [1.807, 2.05) is 0 Å². The minimum Gasteiger partial charge on any atom is -0.271 e. The third kappa shape index (κ3) is 4.30. The van der Waals surface area contributed by atoms with Gasteiger partial charge in [-0.15, -0.1) is 0 Å². The standard InChI is InChI=1S/C16H29BrN4/c1-3-21-15(16(17)12(2)20-21)11-14(19-18)13-9-7-5-4-6-8-10-13/h13-14,19H,3-11,18H2,1-2H3. The van der Waals surface area contributed by atoms with Crippen LogP contribution in [-0.4, -0.2) is 15.8 Å². The van der Waals surface area contributed by atoms with Crippen LogP contribution in [0.5, 0.6) is 0 Å². The molecule has 1 aromatic rings. The molecular weight excluding hydrogens is 328 g/mol. The lowest BCUT2D eigenvalue weighted by atomic mass is 9.84. The minimum atomic E-state index is 0.348. The van der Waals surface area contributed by atoms with Crippen LogP contribution in [0.25, 0.3) is 0 Å². The molecular formula is C16H29BrN4. The Morgan fingerprint density at radius 3 is 2.48 bits per heavy atom. The second-order valence-corrected chi connectivity index (χ2v) is 7.04. The summed E-state index contributed by atoms with van der Waals surface area (Å²) in [5, 5.41) is 4.60. The van der Waals surface area contributed by atoms with Crippen LogP contribution in [0.2, 0.25) is 0 Å². The maximum absolute atomic E-state index is 5.89. The minimum absolute atomic E-state index is 0.348. The van der Waals surface area contributed by atoms with E-state index in [1.54, 1.807) is 0 Å². The van der Waals surface area contributed by atoms with Crippen LogP contribution < -0.4 is 11.3 Å². The summed E-state index contributed by atoms with van der Waals surface area (Å²) in [6.07, 6.45) is 10.4. The Kier molecular flexibility index (Phi) is 6.71. The topological polar surface area (TPSA) is 55.9 Å². The van der Waals surface area contributed by atoms with Crippen molar-refractivity contribution in [3.8, 4) is 0 Å². The molecule has 1 aliphatic rings. The third-order valence-corrected chi connectivity index (χ3v) is 5.83. The zero-order chi connectivity index (χ0) is 15.2. The Bertz CT molecular complexity index is 436. The second kappa shape index (κ2) is 8.30. The summed E-state index contributed by atoms with van der Waals surface area (Å²) >= 11 is 3.70. The van der Waals surface area contributed by atoms with Gasteiger partial charge in [-0.3, -0.25) is 16.0 Å². The van der Waals surface area contributed by atoms with E-state index in [4.69, 9.17) is 5.84 Å². The largest absolute Gasteiger partial charge is 0.271 e. The molecule has 0 bridgehead atoms. The summed E-state index contributed by atoms with van der Waals surface area (Å²) in [5.74, 6) is 6.58. The van der Waals surface area contributed by atoms with Crippen molar-refractivity contribution in [3.63, 3.8) is 0 Å². The maximum atomic E-state index is 5.89. The number of hydrogen-bond acceptors (Lipinski definition) is 3. The van der Waals surface area contributed by atoms with Gasteiger partial charge in [0, 0.05) is 19.0 Å². The number of halogens is 1. The van der Waals surface area contributed by atoms with Crippen molar-refractivity contribution in [2.24, 2.45) is 11.8 Å². The Balaban J connectivity index is 2.10. The SMILES string of the molecule is CCn1nc(C)c(Br)c1CC(NN)C1CCCCCCC1. The maximum Gasteiger partial charge on any atom is 0.0738 e. The second-order valence-electron chi connectivity index (χ2n) is 6.24. The van der Waals surface area contributed by atoms with E-state index in [-0.39, 0.29) is 0 Å². The molecule has 1 heterocycles. The number of hydrogen-bond donors (Lipinski definition) is 2. The number of rotatable bonds is 5. The Morgan fingerprint density at radius 1 is 1.29 bits per heavy atom. The van der Waals surface area contributed by atoms with Crippen LogP contribution in [0, 0.1) is 12.8 Å². The average Bonchev–Trinajstić information content (AvgIpc) is 2.72. The van der Waals surface area contributed by atoms with Gasteiger partial charge >= 0.3 is 0 Å². The van der Waals surface area contributed by atoms with Gasteiger partial charge in [-0.25, -0.2) is 0 Å². The van der Waals surface area contributed by atoms with Gasteiger partial charge in [-0.2, -0.15) is 5.10 Å². The Hall–Kier alpha value is -0.390. The van der Waals surface area contributed by atoms with Crippen LogP contribution in [0.15, 0.2) is 4.47 Å². The van der Waals surface area contributed by atoms with Crippen molar-refractivity contribution in [1.82, 2.24) is 15.2 Å². The molecule has 21 heavy (non-hydrogen) atoms. The van der Waals surface area contributed by atoms with Gasteiger partial charge in [0.15, 0.2) is 0 Å². The number of nitrogens with one attached hydrogen (secondary N) is 1. The van der Waals surface area contributed by atoms with E-state index in [2.05, 4.69) is 45.0 Å². The Morgan fingerprint density at radius 2 is 1.90 bits per heavy atom. The van der Waals surface area contributed by atoms with Gasteiger partial charge in [0.2, 0.25) is 0 Å². The first kappa shape index (κ1) is 17.0. The molecule has 0 amide bonds. The molecule has 1 aromatic heterocycles. The zero-order valence-electron chi connectivity index (χ0n) is 13.4. The van der Waals surface area contributed by atoms with Gasteiger partial charge < -0.3 is 0 Å². The molecule has 2 rings (SSSR count). The van der Waals surface area contributed by atoms with Crippen LogP contribution >= 0.6 is 15.9 Å². The van der Waals surface area contributed by atoms with E-state index in [0.717, 1.165) is 23.1 Å². The van der Waals surface area contributed by atoms with Gasteiger partial charge in [0.1, 0.15) is 0 Å². The number of nitrogens with two attached hydrogens (primary N) is 1. The van der Waals surface area contributed by atoms with Crippen LogP contribution in [-0.2, 0) is 13.0 Å². The first-order valence-electron chi connectivity index (χ1n) is 8.35. The van der Waals surface area contributed by atoms with Crippen molar-refractivity contribution >= 4 is 15.9 Å². The summed E-state index contributed by atoms with van der Waals surface area (Å²) < 4.78 is 3.25. The molecule has 3 N–H and O–H groups in total. The molecule has 1 saturated carbocycles. The monoisotopic (exact) mass is 356 g/mol. The highest BCUT2D eigenvalue weighted by Gasteiger charge is 2.24. The predicted molar refractivity (Wildman–Crippen MR) is 91.0 cm³/mol. The summed E-state index contributed by atoms with van der Waals surface area (Å²) in [5.41, 5.74) is 5.44. The van der Waals surface area contributed by atoms with Gasteiger partial charge in [-0.1, -0.05) is 32.1 Å². The number of aromatic nitrogens is 2. The third-order valence-electron chi connectivity index (χ3n) is 4.80. The fourth-order valence-electron chi connectivity index (χ4n) is 3.52. The fourth-order valence-corrected chi connectivity index (χ4v) is 3.97. The van der Waals surface area contributed by atoms with Crippen molar-refractivity contribution in [1.29, 1.82) is 0 Å². The normalized spacial score (nSPS) is 19.2. The molecule has 0 saturated heterocycles. The zero-order valence-corrected chi connectivity index (χ0v) is 15.0. The molecule has 4 nitrogen and oxygen atoms in total. The molecule has 1 unspecified atom stereocenters. The first-order valence-corrected chi connectivity index (χ1v) is 9.14. The lowest BCUT2D eigenvalue weighted by Gasteiger charge is -2.28. The highest BCUT2D eigenvalue weighted by molar-refractivity contribution is 9.10. The highest BCUT2D eigenvalue weighted by atomic mass is 79.9. The summed E-state index contributed by atoms with van der Waals surface area (Å²) in [4.78, 5) is 0. The average molecular weight is 357 g/mol. The number of aryl methyl sites for hydroxylation is 2. The molecule has 0 radical (unpaired) electrons. The summed E-state index contributed by atoms with van der Waals surface area (Å²) in [6, 6.07) is 0.348. The van der Waals surface area contributed by atoms with Crippen molar-refractivity contribution < 1.29 is 0 Å². The van der Waals surface area contributed by atoms with E-state index >= 15 is 0 Å². The quantitative estimate of drug-likeness (QED) is 0.624. The fraction of sp³-hybridized carbons (Fsp3) is 0.812. The van der Waals surface area contributed by atoms with Gasteiger partial charge in [0.05, 0.1) is 15.9 Å². The molecule has 1 atom stereocenters. The smallest absolute Gasteiger partial charge is 0.0738 e. The van der Waals surface area contributed by atoms with E-state index in [9.17, 15) is 0 Å². The molecule has 0 aliphatic heterocycles. The van der Waals surface area contributed by atoms with Crippen molar-refractivity contribution in [2.45, 2.75) is 77.8 Å². The summed E-state index contributed by atoms with van der Waals surface area (Å²) in [6.45, 7) is 5.10. The van der Waals surface area contributed by atoms with E-state index in [0.29, 0.717) is 12.0 Å². The van der Waals surface area contributed by atoms with Gasteiger partial charge in [0.25, 0.3) is 0 Å². The van der Waals surface area contributed by atoms with E-state index in [1.165, 1.54) is 50.6 Å². The lowest BCUT2D eigenvalue weighted by Crippen LogP contribution is -2.43. The van der Waals surface area contributed by atoms with Crippen LogP contribution in [0.3, 0.4) is 0 Å². The molecule has 0 spiro atoms. The van der Waals surface area contributed by atoms with Gasteiger partial charge in [-0.05, 0) is 48.5 Å². The molecule has 0 aromatic carbocycles. The first-order chi connectivity index (χ1) is 10.2. The molecule has 1 fully saturated rings. The van der Waals surface area contributed by atoms with Crippen LogP contribution in [0.1, 0.15) is 63.3 Å². The molecule has 120 valence electrons. The number of nitrogens with zero attached hydrogens (tertiary/aromatic N) is 2. The van der Waals surface area contributed by atoms with Crippen molar-refractivity contribution in [3.05, 3.63) is 15.9 Å². The Labute approximate surface area is 137 Å². The van der Waals surface area contributed by atoms with Crippen molar-refractivity contribution in [2.75, 3.05) is 0 Å². The number of hydrazine groups is 1. The van der Waals surface area contributed by atoms with E-state index < -0.39 is 0 Å².